The fourth-order valence-corrected chi connectivity index (χ4v) is 1.44. The van der Waals surface area contributed by atoms with E-state index >= 15 is 0 Å². The molecule has 0 aromatic heterocycles. The number of carbonyl (C=O) groups is 1. The summed E-state index contributed by atoms with van der Waals surface area (Å²) in [6, 6.07) is 0.800. The van der Waals surface area contributed by atoms with Crippen LogP contribution < -0.4 is 0 Å². The van der Waals surface area contributed by atoms with Crippen molar-refractivity contribution in [2.75, 3.05) is 0 Å². The molecule has 0 aliphatic heterocycles. The minimum absolute atomic E-state index is 0. The molecule has 21 heavy (non-hydrogen) atoms. The summed E-state index contributed by atoms with van der Waals surface area (Å²) < 4.78 is 75.7. The quantitative estimate of drug-likeness (QED) is 0.807. The largest absolute Gasteiger partial charge is 0.481 e. The Balaban J connectivity index is 0.00000400. The predicted octanol–water partition coefficient (Wildman–Crippen LogP) is 4.51. The van der Waals surface area contributed by atoms with Crippen molar-refractivity contribution in [1.82, 2.24) is 0 Å². The first kappa shape index (κ1) is 19.6. The summed E-state index contributed by atoms with van der Waals surface area (Å²) in [6.07, 6.45) is -9.99. The van der Waals surface area contributed by atoms with E-state index in [0.29, 0.717) is 12.1 Å². The molecule has 0 aliphatic rings. The molecule has 0 spiro atoms. The average molecular weight is 337 g/mol. The van der Waals surface area contributed by atoms with Crippen LogP contribution in [-0.4, -0.2) is 11.1 Å². The van der Waals surface area contributed by atoms with E-state index in [1.807, 2.05) is 0 Å². The van der Waals surface area contributed by atoms with Gasteiger partial charge in [0.25, 0.3) is 0 Å². The van der Waals surface area contributed by atoms with E-state index in [2.05, 4.69) is 0 Å². The van der Waals surface area contributed by atoms with Crippen LogP contribution in [-0.2, 0) is 22.6 Å². The lowest BCUT2D eigenvalue weighted by atomic mass is 9.83. The molecule has 0 radical (unpaired) electrons. The van der Waals surface area contributed by atoms with Crippen molar-refractivity contribution in [1.29, 1.82) is 0 Å². The molecule has 1 rings (SSSR count). The van der Waals surface area contributed by atoms with E-state index in [1.165, 1.54) is 0 Å². The molecule has 0 unspecified atom stereocenters. The minimum Gasteiger partial charge on any atom is -0.481 e. The summed E-state index contributed by atoms with van der Waals surface area (Å²) in [4.78, 5) is 11.0. The third-order valence-corrected chi connectivity index (χ3v) is 2.84. The topological polar surface area (TPSA) is 37.3 Å². The van der Waals surface area contributed by atoms with Gasteiger partial charge >= 0.3 is 18.3 Å². The minimum atomic E-state index is -5.00. The molecule has 1 aromatic carbocycles. The third-order valence-electron chi connectivity index (χ3n) is 2.84. The number of aliphatic carboxylic acids is 1. The maximum Gasteiger partial charge on any atom is 0.416 e. The number of carboxylic acid groups (broad SMARTS) is 1. The highest BCUT2D eigenvalue weighted by Gasteiger charge is 2.40. The average Bonchev–Trinajstić information content (AvgIpc) is 2.25. The second-order valence-corrected chi connectivity index (χ2v) is 4.72. The number of hydrogen-bond donors (Lipinski definition) is 1. The number of benzene rings is 1. The highest BCUT2D eigenvalue weighted by Crippen LogP contribution is 2.38. The fraction of sp³-hybridized carbons (Fsp3) is 0.417. The first-order valence-electron chi connectivity index (χ1n) is 5.29. The van der Waals surface area contributed by atoms with Crippen LogP contribution in [0, 0.1) is 0 Å². The molecule has 0 saturated heterocycles. The zero-order valence-corrected chi connectivity index (χ0v) is 11.6. The van der Waals surface area contributed by atoms with Crippen molar-refractivity contribution in [3.05, 3.63) is 34.9 Å². The maximum absolute atomic E-state index is 12.6. The molecular formula is C12H11ClF6O2. The Labute approximate surface area is 122 Å². The molecule has 2 nitrogen and oxygen atoms in total. The maximum atomic E-state index is 12.6. The molecule has 0 aliphatic carbocycles. The van der Waals surface area contributed by atoms with Gasteiger partial charge < -0.3 is 5.11 Å². The molecule has 0 amide bonds. The lowest BCUT2D eigenvalue weighted by Gasteiger charge is -2.23. The van der Waals surface area contributed by atoms with Crippen LogP contribution in [0.5, 0.6) is 0 Å². The van der Waals surface area contributed by atoms with Gasteiger partial charge in [-0.05, 0) is 37.6 Å². The molecule has 120 valence electrons. The number of halogens is 7. The first-order valence-corrected chi connectivity index (χ1v) is 5.29. The van der Waals surface area contributed by atoms with Gasteiger partial charge in [0.15, 0.2) is 0 Å². The van der Waals surface area contributed by atoms with Gasteiger partial charge in [-0.25, -0.2) is 0 Å². The summed E-state index contributed by atoms with van der Waals surface area (Å²) in [5.41, 5.74) is -5.50. The van der Waals surface area contributed by atoms with Gasteiger partial charge in [0.05, 0.1) is 16.5 Å². The van der Waals surface area contributed by atoms with Crippen molar-refractivity contribution in [3.63, 3.8) is 0 Å². The zero-order chi connectivity index (χ0) is 15.9. The van der Waals surface area contributed by atoms with E-state index in [9.17, 15) is 31.1 Å². The highest BCUT2D eigenvalue weighted by atomic mass is 35.5. The zero-order valence-electron chi connectivity index (χ0n) is 10.8. The standard InChI is InChI=1S/C12H10F6O2.ClH/c1-10(2,9(19)20)6-3-7(11(13,14)15)5-8(4-6)12(16,17)18;/h3-5H,1-2H3,(H,19,20);1H. The van der Waals surface area contributed by atoms with E-state index < -0.39 is 40.4 Å². The van der Waals surface area contributed by atoms with Crippen LogP contribution >= 0.6 is 12.4 Å². The Bertz CT molecular complexity index is 501. The summed E-state index contributed by atoms with van der Waals surface area (Å²) in [7, 11) is 0. The van der Waals surface area contributed by atoms with Gasteiger partial charge in [-0.3, -0.25) is 4.79 Å². The Morgan fingerprint density at radius 3 is 1.38 bits per heavy atom. The molecule has 1 aromatic rings. The van der Waals surface area contributed by atoms with Crippen LogP contribution in [0.4, 0.5) is 26.3 Å². The Kier molecular flexibility index (Phi) is 5.35. The number of hydrogen-bond acceptors (Lipinski definition) is 1. The van der Waals surface area contributed by atoms with Crippen molar-refractivity contribution in [3.8, 4) is 0 Å². The second-order valence-electron chi connectivity index (χ2n) is 4.72. The second kappa shape index (κ2) is 5.75. The Hall–Kier alpha value is -1.44. The molecule has 0 heterocycles. The third kappa shape index (κ3) is 4.26. The van der Waals surface area contributed by atoms with Gasteiger partial charge in [0, 0.05) is 0 Å². The number of carboxylic acids is 1. The van der Waals surface area contributed by atoms with Crippen molar-refractivity contribution in [2.45, 2.75) is 31.6 Å². The molecule has 0 bridgehead atoms. The Morgan fingerprint density at radius 1 is 0.857 bits per heavy atom. The molecule has 0 fully saturated rings. The SMILES string of the molecule is CC(C)(C(=O)O)c1cc(C(F)(F)F)cc(C(F)(F)F)c1.Cl. The van der Waals surface area contributed by atoms with E-state index in [0.717, 1.165) is 13.8 Å². The first-order chi connectivity index (χ1) is 8.76. The van der Waals surface area contributed by atoms with Crippen molar-refractivity contribution < 1.29 is 36.2 Å². The lowest BCUT2D eigenvalue weighted by Crippen LogP contribution is -2.29. The monoisotopic (exact) mass is 336 g/mol. The Morgan fingerprint density at radius 2 is 1.14 bits per heavy atom. The lowest BCUT2D eigenvalue weighted by molar-refractivity contribution is -0.145. The summed E-state index contributed by atoms with van der Waals surface area (Å²) in [6.45, 7) is 2.07. The van der Waals surface area contributed by atoms with Crippen molar-refractivity contribution >= 4 is 18.4 Å². The molecule has 0 atom stereocenters. The van der Waals surface area contributed by atoms with E-state index in [1.54, 1.807) is 0 Å². The van der Waals surface area contributed by atoms with Gasteiger partial charge in [-0.2, -0.15) is 26.3 Å². The summed E-state index contributed by atoms with van der Waals surface area (Å²) >= 11 is 0. The smallest absolute Gasteiger partial charge is 0.416 e. The summed E-state index contributed by atoms with van der Waals surface area (Å²) in [5.74, 6) is -1.52. The molecule has 1 N–H and O–H groups in total. The molecular weight excluding hydrogens is 326 g/mol. The fourth-order valence-electron chi connectivity index (χ4n) is 1.44. The molecule has 9 heteroatoms. The van der Waals surface area contributed by atoms with Crippen LogP contribution in [0.1, 0.15) is 30.5 Å². The number of alkyl halides is 6. The van der Waals surface area contributed by atoms with Crippen LogP contribution in [0.3, 0.4) is 0 Å². The van der Waals surface area contributed by atoms with Crippen LogP contribution in [0.2, 0.25) is 0 Å². The van der Waals surface area contributed by atoms with Crippen molar-refractivity contribution in [2.24, 2.45) is 0 Å². The number of rotatable bonds is 2. The van der Waals surface area contributed by atoms with Crippen LogP contribution in [0.15, 0.2) is 18.2 Å². The van der Waals surface area contributed by atoms with Gasteiger partial charge in [-0.15, -0.1) is 12.4 Å². The predicted molar refractivity (Wildman–Crippen MR) is 64.4 cm³/mol. The molecule has 0 saturated carbocycles. The van der Waals surface area contributed by atoms with Gasteiger partial charge in [-0.1, -0.05) is 0 Å². The van der Waals surface area contributed by atoms with E-state index in [-0.39, 0.29) is 18.5 Å². The normalized spacial score (nSPS) is 12.8. The van der Waals surface area contributed by atoms with Crippen LogP contribution in [0.25, 0.3) is 0 Å². The van der Waals surface area contributed by atoms with E-state index in [4.69, 9.17) is 5.11 Å². The van der Waals surface area contributed by atoms with Gasteiger partial charge in [0.2, 0.25) is 0 Å². The summed E-state index contributed by atoms with van der Waals surface area (Å²) in [5, 5.41) is 8.92. The van der Waals surface area contributed by atoms with Gasteiger partial charge in [0.1, 0.15) is 0 Å². The highest BCUT2D eigenvalue weighted by molar-refractivity contribution is 5.85.